The Morgan fingerprint density at radius 1 is 0.905 bits per heavy atom. The van der Waals surface area contributed by atoms with Crippen LogP contribution < -0.4 is 5.73 Å². The van der Waals surface area contributed by atoms with Crippen molar-refractivity contribution in [3.63, 3.8) is 0 Å². The molecule has 21 heavy (non-hydrogen) atoms. The number of nitrogen functional groups attached to an aromatic ring is 1. The van der Waals surface area contributed by atoms with E-state index in [-0.39, 0.29) is 0 Å². The summed E-state index contributed by atoms with van der Waals surface area (Å²) in [6.45, 7) is 6.25. The quantitative estimate of drug-likeness (QED) is 0.768. The number of nitrogens with zero attached hydrogens (tertiary/aromatic N) is 2. The summed E-state index contributed by atoms with van der Waals surface area (Å²) in [6.07, 6.45) is 0. The van der Waals surface area contributed by atoms with Gasteiger partial charge in [-0.2, -0.15) is 5.10 Å². The van der Waals surface area contributed by atoms with E-state index in [1.807, 2.05) is 37.3 Å². The highest BCUT2D eigenvalue weighted by molar-refractivity contribution is 5.70. The smallest absolute Gasteiger partial charge is 0.130 e. The van der Waals surface area contributed by atoms with Crippen LogP contribution in [0.3, 0.4) is 0 Å². The van der Waals surface area contributed by atoms with E-state index in [4.69, 9.17) is 10.8 Å². The maximum absolute atomic E-state index is 6.24. The highest BCUT2D eigenvalue weighted by Gasteiger charge is 2.14. The number of benzene rings is 2. The molecule has 3 aromatic rings. The summed E-state index contributed by atoms with van der Waals surface area (Å²) in [7, 11) is 0. The maximum Gasteiger partial charge on any atom is 0.130 e. The van der Waals surface area contributed by atoms with Crippen molar-refractivity contribution < 1.29 is 0 Å². The van der Waals surface area contributed by atoms with E-state index in [1.54, 1.807) is 4.68 Å². The van der Waals surface area contributed by atoms with E-state index in [0.717, 1.165) is 22.5 Å². The van der Waals surface area contributed by atoms with Gasteiger partial charge < -0.3 is 5.73 Å². The Labute approximate surface area is 125 Å². The first-order valence-corrected chi connectivity index (χ1v) is 7.06. The van der Waals surface area contributed by atoms with E-state index in [1.165, 1.54) is 11.1 Å². The second-order valence-corrected chi connectivity index (χ2v) is 5.41. The standard InChI is InChI=1S/C18H19N3/c1-12-9-10-15(11-13(12)2)17-14(3)18(19)21(20-17)16-7-5-4-6-8-16/h4-11H,19H2,1-3H3. The Balaban J connectivity index is 2.15. The lowest BCUT2D eigenvalue weighted by Gasteiger charge is -2.04. The predicted octanol–water partition coefficient (Wildman–Crippen LogP) is 4.05. The van der Waals surface area contributed by atoms with Gasteiger partial charge in [-0.15, -0.1) is 0 Å². The number of hydrogen-bond acceptors (Lipinski definition) is 2. The SMILES string of the molecule is Cc1ccc(-c2nn(-c3ccccc3)c(N)c2C)cc1C. The van der Waals surface area contributed by atoms with E-state index < -0.39 is 0 Å². The van der Waals surface area contributed by atoms with Crippen molar-refractivity contribution in [3.05, 3.63) is 65.2 Å². The van der Waals surface area contributed by atoms with Gasteiger partial charge in [-0.05, 0) is 50.1 Å². The molecule has 1 heterocycles. The summed E-state index contributed by atoms with van der Waals surface area (Å²) in [5.41, 5.74) is 12.8. The molecule has 0 atom stereocenters. The van der Waals surface area contributed by atoms with Gasteiger partial charge in [0, 0.05) is 11.1 Å². The number of anilines is 1. The monoisotopic (exact) mass is 277 g/mol. The number of nitrogens with two attached hydrogens (primary N) is 1. The minimum atomic E-state index is 0.689. The van der Waals surface area contributed by atoms with Crippen LogP contribution in [-0.2, 0) is 0 Å². The van der Waals surface area contributed by atoms with Gasteiger partial charge in [0.2, 0.25) is 0 Å². The highest BCUT2D eigenvalue weighted by Crippen LogP contribution is 2.29. The summed E-state index contributed by atoms with van der Waals surface area (Å²) < 4.78 is 1.81. The molecule has 3 heteroatoms. The minimum absolute atomic E-state index is 0.689. The van der Waals surface area contributed by atoms with Crippen LogP contribution in [0.4, 0.5) is 5.82 Å². The summed E-state index contributed by atoms with van der Waals surface area (Å²) in [5, 5.41) is 4.71. The second-order valence-electron chi connectivity index (χ2n) is 5.41. The number of para-hydroxylation sites is 1. The van der Waals surface area contributed by atoms with Crippen molar-refractivity contribution in [3.8, 4) is 16.9 Å². The highest BCUT2D eigenvalue weighted by atomic mass is 15.3. The van der Waals surface area contributed by atoms with Gasteiger partial charge >= 0.3 is 0 Å². The summed E-state index contributed by atoms with van der Waals surface area (Å²) in [4.78, 5) is 0. The Kier molecular flexibility index (Phi) is 3.26. The van der Waals surface area contributed by atoms with Gasteiger partial charge in [-0.25, -0.2) is 4.68 Å². The molecular formula is C18H19N3. The first-order valence-electron chi connectivity index (χ1n) is 7.06. The van der Waals surface area contributed by atoms with Crippen LogP contribution in [0.2, 0.25) is 0 Å². The van der Waals surface area contributed by atoms with Crippen molar-refractivity contribution >= 4 is 5.82 Å². The van der Waals surface area contributed by atoms with Crippen LogP contribution in [0.15, 0.2) is 48.5 Å². The molecule has 0 radical (unpaired) electrons. The molecular weight excluding hydrogens is 258 g/mol. The first-order chi connectivity index (χ1) is 10.1. The van der Waals surface area contributed by atoms with Crippen LogP contribution in [0, 0.1) is 20.8 Å². The summed E-state index contributed by atoms with van der Waals surface area (Å²) in [6, 6.07) is 16.4. The van der Waals surface area contributed by atoms with Crippen molar-refractivity contribution in [2.45, 2.75) is 20.8 Å². The summed E-state index contributed by atoms with van der Waals surface area (Å²) >= 11 is 0. The van der Waals surface area contributed by atoms with Crippen LogP contribution in [0.5, 0.6) is 0 Å². The fourth-order valence-corrected chi connectivity index (χ4v) is 2.44. The topological polar surface area (TPSA) is 43.8 Å². The molecule has 0 saturated heterocycles. The van der Waals surface area contributed by atoms with Crippen molar-refractivity contribution in [2.75, 3.05) is 5.73 Å². The van der Waals surface area contributed by atoms with Crippen LogP contribution in [0.1, 0.15) is 16.7 Å². The molecule has 0 fully saturated rings. The molecule has 0 aliphatic heterocycles. The largest absolute Gasteiger partial charge is 0.383 e. The number of aryl methyl sites for hydroxylation is 2. The van der Waals surface area contributed by atoms with E-state index in [0.29, 0.717) is 5.82 Å². The van der Waals surface area contributed by atoms with Gasteiger partial charge in [-0.3, -0.25) is 0 Å². The lowest BCUT2D eigenvalue weighted by Crippen LogP contribution is -2.01. The lowest BCUT2D eigenvalue weighted by molar-refractivity contribution is 0.895. The molecule has 0 aliphatic rings. The zero-order chi connectivity index (χ0) is 15.0. The lowest BCUT2D eigenvalue weighted by atomic mass is 10.0. The molecule has 0 unspecified atom stereocenters. The molecule has 3 rings (SSSR count). The zero-order valence-electron chi connectivity index (χ0n) is 12.6. The summed E-state index contributed by atoms with van der Waals surface area (Å²) in [5.74, 6) is 0.689. The molecule has 2 aromatic carbocycles. The van der Waals surface area contributed by atoms with Crippen LogP contribution >= 0.6 is 0 Å². The second kappa shape index (κ2) is 5.09. The average molecular weight is 277 g/mol. The van der Waals surface area contributed by atoms with Gasteiger partial charge in [0.25, 0.3) is 0 Å². The molecule has 0 aliphatic carbocycles. The van der Waals surface area contributed by atoms with E-state index in [2.05, 4.69) is 32.0 Å². The Morgan fingerprint density at radius 2 is 1.62 bits per heavy atom. The maximum atomic E-state index is 6.24. The van der Waals surface area contributed by atoms with Gasteiger partial charge in [0.15, 0.2) is 0 Å². The van der Waals surface area contributed by atoms with Crippen LogP contribution in [0.25, 0.3) is 16.9 Å². The molecule has 106 valence electrons. The van der Waals surface area contributed by atoms with E-state index in [9.17, 15) is 0 Å². The van der Waals surface area contributed by atoms with Crippen molar-refractivity contribution in [1.82, 2.24) is 9.78 Å². The molecule has 0 bridgehead atoms. The Morgan fingerprint density at radius 3 is 2.29 bits per heavy atom. The predicted molar refractivity (Wildman–Crippen MR) is 87.6 cm³/mol. The van der Waals surface area contributed by atoms with E-state index >= 15 is 0 Å². The fourth-order valence-electron chi connectivity index (χ4n) is 2.44. The minimum Gasteiger partial charge on any atom is -0.383 e. The molecule has 0 saturated carbocycles. The normalized spacial score (nSPS) is 10.8. The fraction of sp³-hybridized carbons (Fsp3) is 0.167. The average Bonchev–Trinajstić information content (AvgIpc) is 2.79. The van der Waals surface area contributed by atoms with Gasteiger partial charge in [-0.1, -0.05) is 30.3 Å². The van der Waals surface area contributed by atoms with Crippen molar-refractivity contribution in [2.24, 2.45) is 0 Å². The zero-order valence-corrected chi connectivity index (χ0v) is 12.6. The third kappa shape index (κ3) is 2.31. The molecule has 0 spiro atoms. The third-order valence-electron chi connectivity index (χ3n) is 3.95. The number of rotatable bonds is 2. The van der Waals surface area contributed by atoms with Gasteiger partial charge in [0.05, 0.1) is 11.4 Å². The van der Waals surface area contributed by atoms with Gasteiger partial charge in [0.1, 0.15) is 5.82 Å². The molecule has 0 amide bonds. The first kappa shape index (κ1) is 13.4. The number of hydrogen-bond donors (Lipinski definition) is 1. The Bertz CT molecular complexity index is 786. The molecule has 1 aromatic heterocycles. The van der Waals surface area contributed by atoms with Crippen molar-refractivity contribution in [1.29, 1.82) is 0 Å². The molecule has 2 N–H and O–H groups in total. The van der Waals surface area contributed by atoms with Crippen LogP contribution in [-0.4, -0.2) is 9.78 Å². The molecule has 3 nitrogen and oxygen atoms in total. The Hall–Kier alpha value is -2.55. The number of aromatic nitrogens is 2. The third-order valence-corrected chi connectivity index (χ3v) is 3.95.